The van der Waals surface area contributed by atoms with Gasteiger partial charge >= 0.3 is 0 Å². The molecule has 3 nitrogen and oxygen atoms in total. The molecule has 1 fully saturated rings. The van der Waals surface area contributed by atoms with E-state index < -0.39 is 0 Å². The Balaban J connectivity index is 1.25. The molecule has 30 heavy (non-hydrogen) atoms. The number of methoxy groups -OCH3 is 1. The number of benzene rings is 3. The number of nitrogens with one attached hydrogen (secondary N) is 1. The number of anilines is 1. The summed E-state index contributed by atoms with van der Waals surface area (Å²) in [7, 11) is 1.70. The van der Waals surface area contributed by atoms with Gasteiger partial charge in [-0.05, 0) is 78.5 Å². The molecule has 1 amide bonds. The Morgan fingerprint density at radius 1 is 0.833 bits per heavy atom. The first-order valence-electron chi connectivity index (χ1n) is 10.8. The zero-order valence-electron chi connectivity index (χ0n) is 17.5. The zero-order valence-corrected chi connectivity index (χ0v) is 17.5. The molecule has 1 N–H and O–H groups in total. The first-order chi connectivity index (χ1) is 14.7. The fourth-order valence-corrected chi connectivity index (χ4v) is 4.43. The predicted molar refractivity (Wildman–Crippen MR) is 123 cm³/mol. The number of carbonyl (C=O) groups is 1. The Morgan fingerprint density at radius 2 is 1.47 bits per heavy atom. The molecule has 0 atom stereocenters. The van der Waals surface area contributed by atoms with E-state index in [-0.39, 0.29) is 5.91 Å². The Hall–Kier alpha value is -3.07. The summed E-state index contributed by atoms with van der Waals surface area (Å²) in [6, 6.07) is 26.8. The lowest BCUT2D eigenvalue weighted by Gasteiger charge is -2.28. The molecule has 0 saturated heterocycles. The molecule has 4 rings (SSSR count). The number of hydrogen-bond acceptors (Lipinski definition) is 2. The van der Waals surface area contributed by atoms with Crippen LogP contribution in [-0.2, 0) is 4.79 Å². The van der Waals surface area contributed by atoms with E-state index in [1.54, 1.807) is 7.11 Å². The normalized spacial score (nSPS) is 18.6. The van der Waals surface area contributed by atoms with Crippen LogP contribution in [0.1, 0.15) is 43.6 Å². The average Bonchev–Trinajstić information content (AvgIpc) is 2.81. The van der Waals surface area contributed by atoms with Crippen LogP contribution in [0.3, 0.4) is 0 Å². The molecule has 0 unspecified atom stereocenters. The second-order valence-electron chi connectivity index (χ2n) is 8.19. The van der Waals surface area contributed by atoms with Crippen LogP contribution in [-0.4, -0.2) is 13.0 Å². The van der Waals surface area contributed by atoms with Crippen LogP contribution in [0.5, 0.6) is 5.75 Å². The van der Waals surface area contributed by atoms with E-state index in [4.69, 9.17) is 4.74 Å². The quantitative estimate of drug-likeness (QED) is 0.503. The van der Waals surface area contributed by atoms with Gasteiger partial charge in [0.1, 0.15) is 5.75 Å². The molecule has 3 aromatic rings. The number of carbonyl (C=O) groups excluding carboxylic acids is 1. The van der Waals surface area contributed by atoms with Crippen molar-refractivity contribution in [2.24, 2.45) is 5.92 Å². The largest absolute Gasteiger partial charge is 0.497 e. The maximum Gasteiger partial charge on any atom is 0.224 e. The average molecular weight is 400 g/mol. The van der Waals surface area contributed by atoms with Crippen LogP contribution >= 0.6 is 0 Å². The van der Waals surface area contributed by atoms with E-state index in [2.05, 4.69) is 41.7 Å². The van der Waals surface area contributed by atoms with Gasteiger partial charge in [-0.25, -0.2) is 0 Å². The Labute approximate surface area is 179 Å². The highest BCUT2D eigenvalue weighted by atomic mass is 16.5. The van der Waals surface area contributed by atoms with Gasteiger partial charge in [-0.1, -0.05) is 54.6 Å². The van der Waals surface area contributed by atoms with E-state index in [0.29, 0.717) is 18.3 Å². The van der Waals surface area contributed by atoms with Crippen LogP contribution in [0.4, 0.5) is 5.69 Å². The summed E-state index contributed by atoms with van der Waals surface area (Å²) < 4.78 is 5.25. The van der Waals surface area contributed by atoms with Gasteiger partial charge in [0.05, 0.1) is 7.11 Å². The summed E-state index contributed by atoms with van der Waals surface area (Å²) in [4.78, 5) is 12.5. The highest BCUT2D eigenvalue weighted by Crippen LogP contribution is 2.37. The molecule has 3 aromatic carbocycles. The lowest BCUT2D eigenvalue weighted by Crippen LogP contribution is -2.20. The molecule has 0 spiro atoms. The van der Waals surface area contributed by atoms with Crippen LogP contribution in [0.2, 0.25) is 0 Å². The molecule has 0 aromatic heterocycles. The molecule has 154 valence electrons. The molecule has 1 aliphatic rings. The first kappa shape index (κ1) is 20.2. The van der Waals surface area contributed by atoms with Gasteiger partial charge < -0.3 is 10.1 Å². The van der Waals surface area contributed by atoms with Gasteiger partial charge in [-0.15, -0.1) is 0 Å². The molecule has 3 heteroatoms. The third-order valence-corrected chi connectivity index (χ3v) is 6.18. The van der Waals surface area contributed by atoms with Crippen molar-refractivity contribution in [2.75, 3.05) is 12.4 Å². The van der Waals surface area contributed by atoms with Crippen molar-refractivity contribution in [2.45, 2.75) is 38.0 Å². The highest BCUT2D eigenvalue weighted by molar-refractivity contribution is 5.91. The zero-order chi connectivity index (χ0) is 20.8. The fourth-order valence-electron chi connectivity index (χ4n) is 4.43. The first-order valence-corrected chi connectivity index (χ1v) is 10.8. The van der Waals surface area contributed by atoms with Gasteiger partial charge in [0, 0.05) is 12.1 Å². The third kappa shape index (κ3) is 5.10. The van der Waals surface area contributed by atoms with Gasteiger partial charge in [0.15, 0.2) is 0 Å². The summed E-state index contributed by atoms with van der Waals surface area (Å²) in [5, 5.41) is 3.07. The van der Waals surface area contributed by atoms with Gasteiger partial charge in [0.25, 0.3) is 0 Å². The summed E-state index contributed by atoms with van der Waals surface area (Å²) in [5.41, 5.74) is 4.60. The minimum atomic E-state index is 0.121. The summed E-state index contributed by atoms with van der Waals surface area (Å²) in [5.74, 6) is 2.10. The van der Waals surface area contributed by atoms with Crippen molar-refractivity contribution in [1.82, 2.24) is 0 Å². The van der Waals surface area contributed by atoms with E-state index in [1.165, 1.54) is 11.1 Å². The topological polar surface area (TPSA) is 38.3 Å². The van der Waals surface area contributed by atoms with Crippen molar-refractivity contribution >= 4 is 11.6 Å². The lowest BCUT2D eigenvalue weighted by atomic mass is 9.77. The van der Waals surface area contributed by atoms with Crippen LogP contribution in [0, 0.1) is 5.92 Å². The van der Waals surface area contributed by atoms with Crippen molar-refractivity contribution in [3.8, 4) is 16.9 Å². The standard InChI is InChI=1S/C27H29NO2/c1-30-26-17-13-24(14-18-26)22-9-7-20(8-10-22)19-27(29)28-25-15-11-23(12-16-25)21-5-3-2-4-6-21/h2-6,11-18,20,22H,7-10,19H2,1H3,(H,28,29). The fraction of sp³-hybridized carbons (Fsp3) is 0.296. The summed E-state index contributed by atoms with van der Waals surface area (Å²) in [6.45, 7) is 0. The molecule has 1 saturated carbocycles. The molecular weight excluding hydrogens is 370 g/mol. The lowest BCUT2D eigenvalue weighted by molar-refractivity contribution is -0.117. The maximum absolute atomic E-state index is 12.5. The monoisotopic (exact) mass is 399 g/mol. The summed E-state index contributed by atoms with van der Waals surface area (Å²) >= 11 is 0. The highest BCUT2D eigenvalue weighted by Gasteiger charge is 2.24. The maximum atomic E-state index is 12.5. The van der Waals surface area contributed by atoms with Gasteiger partial charge in [0.2, 0.25) is 5.91 Å². The Morgan fingerprint density at radius 3 is 2.10 bits per heavy atom. The number of amides is 1. The predicted octanol–water partition coefficient (Wildman–Crippen LogP) is 6.66. The molecule has 0 radical (unpaired) electrons. The molecular formula is C27H29NO2. The summed E-state index contributed by atoms with van der Waals surface area (Å²) in [6.07, 6.45) is 5.12. The van der Waals surface area contributed by atoms with Crippen LogP contribution in [0.15, 0.2) is 78.9 Å². The second-order valence-corrected chi connectivity index (χ2v) is 8.19. The van der Waals surface area contributed by atoms with Crippen molar-refractivity contribution in [3.05, 3.63) is 84.4 Å². The minimum absolute atomic E-state index is 0.121. The number of hydrogen-bond donors (Lipinski definition) is 1. The van der Waals surface area contributed by atoms with E-state index in [1.807, 2.05) is 42.5 Å². The van der Waals surface area contributed by atoms with Crippen LogP contribution < -0.4 is 10.1 Å². The number of ether oxygens (including phenoxy) is 1. The van der Waals surface area contributed by atoms with Crippen molar-refractivity contribution < 1.29 is 9.53 Å². The van der Waals surface area contributed by atoms with Crippen LogP contribution in [0.25, 0.3) is 11.1 Å². The SMILES string of the molecule is COc1ccc(C2CCC(CC(=O)Nc3ccc(-c4ccccc4)cc3)CC2)cc1. The van der Waals surface area contributed by atoms with E-state index >= 15 is 0 Å². The smallest absolute Gasteiger partial charge is 0.224 e. The van der Waals surface area contributed by atoms with E-state index in [0.717, 1.165) is 42.7 Å². The van der Waals surface area contributed by atoms with E-state index in [9.17, 15) is 4.79 Å². The third-order valence-electron chi connectivity index (χ3n) is 6.18. The van der Waals surface area contributed by atoms with Gasteiger partial charge in [-0.3, -0.25) is 4.79 Å². The molecule has 0 heterocycles. The van der Waals surface area contributed by atoms with Crippen molar-refractivity contribution in [1.29, 1.82) is 0 Å². The van der Waals surface area contributed by atoms with Gasteiger partial charge in [-0.2, -0.15) is 0 Å². The molecule has 1 aliphatic carbocycles. The second kappa shape index (κ2) is 9.62. The Bertz CT molecular complexity index is 940. The van der Waals surface area contributed by atoms with Crippen molar-refractivity contribution in [3.63, 3.8) is 0 Å². The Kier molecular flexibility index (Phi) is 6.48. The molecule has 0 aliphatic heterocycles. The number of rotatable bonds is 6. The molecule has 0 bridgehead atoms. The minimum Gasteiger partial charge on any atom is -0.497 e.